The van der Waals surface area contributed by atoms with Crippen LogP contribution in [0.15, 0.2) is 34.8 Å². The van der Waals surface area contributed by atoms with Crippen LogP contribution >= 0.6 is 11.8 Å². The lowest BCUT2D eigenvalue weighted by Crippen LogP contribution is -1.83. The van der Waals surface area contributed by atoms with Gasteiger partial charge in [0.05, 0.1) is 5.04 Å². The molecule has 0 aromatic rings. The highest BCUT2D eigenvalue weighted by molar-refractivity contribution is 8.17. The Morgan fingerprint density at radius 2 is 1.77 bits per heavy atom. The Kier molecular flexibility index (Phi) is 5.47. The second-order valence-corrected chi connectivity index (χ2v) is 4.42. The Hall–Kier alpha value is -0.760. The fraction of sp³-hybridized carbons (Fsp3) is 0.364. The van der Waals surface area contributed by atoms with Gasteiger partial charge in [-0.15, -0.1) is 0 Å². The van der Waals surface area contributed by atoms with Gasteiger partial charge >= 0.3 is 0 Å². The topological polar surface area (TPSA) is 23.9 Å². The van der Waals surface area contributed by atoms with E-state index >= 15 is 0 Å². The maximum Gasteiger partial charge on any atom is 0.0654 e. The van der Waals surface area contributed by atoms with Crippen LogP contribution in [0.4, 0.5) is 0 Å². The molecule has 0 atom stereocenters. The molecular formula is C11H17NS. The van der Waals surface area contributed by atoms with Gasteiger partial charge in [0.25, 0.3) is 0 Å². The van der Waals surface area contributed by atoms with Crippen molar-refractivity contribution in [1.29, 1.82) is 5.41 Å². The van der Waals surface area contributed by atoms with Gasteiger partial charge in [-0.25, -0.2) is 0 Å². The number of hydrogen-bond acceptors (Lipinski definition) is 2. The maximum atomic E-state index is 7.33. The molecule has 0 aliphatic rings. The summed E-state index contributed by atoms with van der Waals surface area (Å²) in [5.41, 5.74) is 2.36. The predicted octanol–water partition coefficient (Wildman–Crippen LogP) is 4.14. The fourth-order valence-corrected chi connectivity index (χ4v) is 1.49. The molecule has 0 unspecified atom stereocenters. The van der Waals surface area contributed by atoms with Gasteiger partial charge in [0.15, 0.2) is 0 Å². The zero-order valence-corrected chi connectivity index (χ0v) is 9.59. The smallest absolute Gasteiger partial charge is 0.0654 e. The van der Waals surface area contributed by atoms with Crippen molar-refractivity contribution >= 4 is 16.8 Å². The van der Waals surface area contributed by atoms with E-state index in [4.69, 9.17) is 5.41 Å². The van der Waals surface area contributed by atoms with E-state index in [2.05, 4.69) is 19.6 Å². The Bertz CT molecular complexity index is 272. The number of thioether (sulfide) groups is 1. The molecule has 0 bridgehead atoms. The van der Waals surface area contributed by atoms with Crippen molar-refractivity contribution in [2.45, 2.75) is 27.7 Å². The minimum atomic E-state index is 0.626. The van der Waals surface area contributed by atoms with E-state index in [1.54, 1.807) is 6.92 Å². The molecule has 1 nitrogen and oxygen atoms in total. The quantitative estimate of drug-likeness (QED) is 0.408. The largest absolute Gasteiger partial charge is 0.298 e. The summed E-state index contributed by atoms with van der Waals surface area (Å²) < 4.78 is 0. The van der Waals surface area contributed by atoms with Crippen LogP contribution in [0, 0.1) is 5.41 Å². The van der Waals surface area contributed by atoms with Gasteiger partial charge in [-0.1, -0.05) is 36.1 Å². The molecule has 0 spiro atoms. The van der Waals surface area contributed by atoms with E-state index in [0.29, 0.717) is 5.04 Å². The predicted molar refractivity (Wildman–Crippen MR) is 63.3 cm³/mol. The number of nitrogens with one attached hydrogen (secondary N) is 1. The summed E-state index contributed by atoms with van der Waals surface area (Å²) in [4.78, 5) is 1.17. The Labute approximate surface area is 85.1 Å². The third-order valence-electron chi connectivity index (χ3n) is 1.63. The van der Waals surface area contributed by atoms with E-state index in [9.17, 15) is 0 Å². The van der Waals surface area contributed by atoms with Gasteiger partial charge in [0.1, 0.15) is 0 Å². The lowest BCUT2D eigenvalue weighted by molar-refractivity contribution is 1.40. The minimum Gasteiger partial charge on any atom is -0.298 e. The van der Waals surface area contributed by atoms with E-state index in [1.165, 1.54) is 22.2 Å². The molecular weight excluding hydrogens is 178 g/mol. The average molecular weight is 195 g/mol. The van der Waals surface area contributed by atoms with Gasteiger partial charge in [-0.2, -0.15) is 0 Å². The molecule has 1 N–H and O–H groups in total. The molecule has 0 amide bonds. The summed E-state index contributed by atoms with van der Waals surface area (Å²) in [5.74, 6) is 0. The first-order chi connectivity index (χ1) is 5.97. The van der Waals surface area contributed by atoms with Crippen LogP contribution in [0.2, 0.25) is 0 Å². The summed E-state index contributed by atoms with van der Waals surface area (Å²) in [5, 5.41) is 7.96. The lowest BCUT2D eigenvalue weighted by Gasteiger charge is -2.02. The van der Waals surface area contributed by atoms with Crippen molar-refractivity contribution in [1.82, 2.24) is 0 Å². The monoisotopic (exact) mass is 195 g/mol. The van der Waals surface area contributed by atoms with Crippen molar-refractivity contribution in [3.8, 4) is 0 Å². The number of hydrogen-bond donors (Lipinski definition) is 1. The van der Waals surface area contributed by atoms with Gasteiger partial charge < -0.3 is 0 Å². The van der Waals surface area contributed by atoms with Crippen molar-refractivity contribution in [3.63, 3.8) is 0 Å². The van der Waals surface area contributed by atoms with Crippen molar-refractivity contribution in [2.24, 2.45) is 0 Å². The molecule has 0 heterocycles. The first kappa shape index (κ1) is 12.2. The van der Waals surface area contributed by atoms with Crippen molar-refractivity contribution in [2.75, 3.05) is 0 Å². The molecule has 0 aliphatic carbocycles. The Balaban J connectivity index is 4.61. The molecule has 13 heavy (non-hydrogen) atoms. The zero-order valence-electron chi connectivity index (χ0n) is 8.77. The highest BCUT2D eigenvalue weighted by Crippen LogP contribution is 2.21. The van der Waals surface area contributed by atoms with Gasteiger partial charge in [0, 0.05) is 0 Å². The SMILES string of the molecule is C=C/C(C)=C\C(C)=C(/C)SC(C)=N. The van der Waals surface area contributed by atoms with Crippen molar-refractivity contribution in [3.05, 3.63) is 34.8 Å². The van der Waals surface area contributed by atoms with Gasteiger partial charge in [-0.3, -0.25) is 5.41 Å². The summed E-state index contributed by atoms with van der Waals surface area (Å²) in [6.07, 6.45) is 3.91. The Morgan fingerprint density at radius 3 is 2.15 bits per heavy atom. The first-order valence-corrected chi connectivity index (χ1v) is 5.00. The third-order valence-corrected chi connectivity index (χ3v) is 2.56. The molecule has 0 rings (SSSR count). The van der Waals surface area contributed by atoms with Crippen LogP contribution < -0.4 is 0 Å². The highest BCUT2D eigenvalue weighted by Gasteiger charge is 1.96. The molecule has 0 fully saturated rings. The lowest BCUT2D eigenvalue weighted by atomic mass is 10.2. The third kappa shape index (κ3) is 5.47. The molecule has 0 aliphatic heterocycles. The van der Waals surface area contributed by atoms with E-state index in [0.717, 1.165) is 5.57 Å². The van der Waals surface area contributed by atoms with Crippen LogP contribution in [-0.2, 0) is 0 Å². The van der Waals surface area contributed by atoms with Gasteiger partial charge in [0.2, 0.25) is 0 Å². The standard InChI is InChI=1S/C11H17NS/c1-6-8(2)7-9(3)10(4)13-11(5)12/h6-7,12H,1H2,2-5H3/b8-7-,10-9+,12-11?. The van der Waals surface area contributed by atoms with Crippen LogP contribution in [0.1, 0.15) is 27.7 Å². The molecule has 0 aromatic carbocycles. The number of rotatable bonds is 3. The van der Waals surface area contributed by atoms with Crippen LogP contribution in [0.3, 0.4) is 0 Å². The van der Waals surface area contributed by atoms with E-state index in [1.807, 2.05) is 19.9 Å². The fourth-order valence-electron chi connectivity index (χ4n) is 0.812. The molecule has 0 radical (unpaired) electrons. The van der Waals surface area contributed by atoms with Crippen LogP contribution in [0.5, 0.6) is 0 Å². The maximum absolute atomic E-state index is 7.33. The molecule has 2 heteroatoms. The number of allylic oxidation sites excluding steroid dienone is 5. The summed E-state index contributed by atoms with van der Waals surface area (Å²) in [6.45, 7) is 11.6. The summed E-state index contributed by atoms with van der Waals surface area (Å²) in [7, 11) is 0. The average Bonchev–Trinajstić information content (AvgIpc) is 2.02. The van der Waals surface area contributed by atoms with Crippen LogP contribution in [0.25, 0.3) is 0 Å². The van der Waals surface area contributed by atoms with E-state index in [-0.39, 0.29) is 0 Å². The molecule has 72 valence electrons. The van der Waals surface area contributed by atoms with Crippen molar-refractivity contribution < 1.29 is 0 Å². The zero-order chi connectivity index (χ0) is 10.4. The molecule has 0 saturated heterocycles. The second-order valence-electron chi connectivity index (χ2n) is 2.99. The van der Waals surface area contributed by atoms with E-state index < -0.39 is 0 Å². The summed E-state index contributed by atoms with van der Waals surface area (Å²) >= 11 is 1.50. The minimum absolute atomic E-state index is 0.626. The summed E-state index contributed by atoms with van der Waals surface area (Å²) in [6, 6.07) is 0. The first-order valence-electron chi connectivity index (χ1n) is 4.18. The highest BCUT2D eigenvalue weighted by atomic mass is 32.2. The van der Waals surface area contributed by atoms with Crippen LogP contribution in [-0.4, -0.2) is 5.04 Å². The van der Waals surface area contributed by atoms with Gasteiger partial charge in [-0.05, 0) is 38.2 Å². The molecule has 0 aromatic heterocycles. The normalized spacial score (nSPS) is 13.7. The Morgan fingerprint density at radius 1 is 1.23 bits per heavy atom. The second kappa shape index (κ2) is 5.81. The molecule has 0 saturated carbocycles.